The van der Waals surface area contributed by atoms with E-state index >= 15 is 0 Å². The van der Waals surface area contributed by atoms with Gasteiger partial charge in [0.25, 0.3) is 11.5 Å². The Labute approximate surface area is 177 Å². The van der Waals surface area contributed by atoms with Crippen LogP contribution in [-0.4, -0.2) is 16.7 Å². The van der Waals surface area contributed by atoms with Crippen LogP contribution in [0.4, 0.5) is 0 Å². The van der Waals surface area contributed by atoms with Crippen molar-refractivity contribution in [2.75, 3.05) is 0 Å². The number of carbonyl (C=O) groups is 1. The molecule has 0 saturated carbocycles. The smallest absolute Gasteiger partial charge is 0.276 e. The second-order valence-corrected chi connectivity index (χ2v) is 8.41. The Balaban J connectivity index is 1.71. The standard InChI is InChI=1S/C25H27N3O2/c1-18-7-9-19(10-8-18)16-26-27-23(29)22-6-5-15-28(24(22)30)17-20-11-13-21(14-12-20)25(2,3)4/h5-16H,17H2,1-4H3,(H,27,29)/b26-16-. The van der Waals surface area contributed by atoms with E-state index in [-0.39, 0.29) is 16.5 Å². The molecule has 0 aliphatic rings. The van der Waals surface area contributed by atoms with E-state index in [4.69, 9.17) is 0 Å². The molecule has 0 fully saturated rings. The Morgan fingerprint density at radius 2 is 1.70 bits per heavy atom. The summed E-state index contributed by atoms with van der Waals surface area (Å²) in [6.07, 6.45) is 3.24. The van der Waals surface area contributed by atoms with Gasteiger partial charge in [-0.2, -0.15) is 5.10 Å². The molecule has 1 heterocycles. The Bertz CT molecular complexity index is 1100. The van der Waals surface area contributed by atoms with Crippen LogP contribution >= 0.6 is 0 Å². The minimum atomic E-state index is -0.527. The fraction of sp³-hybridized carbons (Fsp3) is 0.240. The largest absolute Gasteiger partial charge is 0.310 e. The van der Waals surface area contributed by atoms with Crippen molar-refractivity contribution in [1.29, 1.82) is 0 Å². The number of rotatable bonds is 5. The van der Waals surface area contributed by atoms with Gasteiger partial charge in [-0.1, -0.05) is 74.9 Å². The van der Waals surface area contributed by atoms with Crippen LogP contribution in [0.15, 0.2) is 76.8 Å². The summed E-state index contributed by atoms with van der Waals surface area (Å²) in [4.78, 5) is 25.2. The molecule has 0 aliphatic heterocycles. The van der Waals surface area contributed by atoms with Gasteiger partial charge in [-0.15, -0.1) is 0 Å². The molecule has 0 saturated heterocycles. The van der Waals surface area contributed by atoms with E-state index < -0.39 is 5.91 Å². The molecule has 3 aromatic rings. The van der Waals surface area contributed by atoms with E-state index in [2.05, 4.69) is 43.4 Å². The highest BCUT2D eigenvalue weighted by molar-refractivity contribution is 5.94. The average molecular weight is 402 g/mol. The first-order chi connectivity index (χ1) is 14.2. The second kappa shape index (κ2) is 8.91. The van der Waals surface area contributed by atoms with E-state index in [1.54, 1.807) is 18.5 Å². The van der Waals surface area contributed by atoms with Crippen molar-refractivity contribution >= 4 is 12.1 Å². The summed E-state index contributed by atoms with van der Waals surface area (Å²) < 4.78 is 1.53. The molecule has 2 aromatic carbocycles. The molecule has 5 nitrogen and oxygen atoms in total. The Morgan fingerprint density at radius 3 is 2.33 bits per heavy atom. The molecule has 1 amide bonds. The minimum Gasteiger partial charge on any atom is -0.310 e. The van der Waals surface area contributed by atoms with Crippen LogP contribution < -0.4 is 11.0 Å². The zero-order valence-corrected chi connectivity index (χ0v) is 17.8. The number of hydrazone groups is 1. The number of pyridine rings is 1. The van der Waals surface area contributed by atoms with Crippen molar-refractivity contribution < 1.29 is 4.79 Å². The highest BCUT2D eigenvalue weighted by Crippen LogP contribution is 2.22. The normalized spacial score (nSPS) is 11.6. The lowest BCUT2D eigenvalue weighted by Crippen LogP contribution is -2.30. The number of hydrogen-bond acceptors (Lipinski definition) is 3. The number of nitrogens with zero attached hydrogens (tertiary/aromatic N) is 2. The monoisotopic (exact) mass is 401 g/mol. The SMILES string of the molecule is Cc1ccc(/C=N\NC(=O)c2cccn(Cc3ccc(C(C)(C)C)cc3)c2=O)cc1. The quantitative estimate of drug-likeness (QED) is 0.513. The van der Waals surface area contributed by atoms with Crippen LogP contribution in [0.1, 0.15) is 53.4 Å². The Hall–Kier alpha value is -3.47. The van der Waals surface area contributed by atoms with E-state index in [0.29, 0.717) is 6.54 Å². The van der Waals surface area contributed by atoms with Gasteiger partial charge >= 0.3 is 0 Å². The van der Waals surface area contributed by atoms with Gasteiger partial charge in [0, 0.05) is 6.20 Å². The summed E-state index contributed by atoms with van der Waals surface area (Å²) in [5, 5.41) is 3.96. The third kappa shape index (κ3) is 5.32. The lowest BCUT2D eigenvalue weighted by Gasteiger charge is -2.19. The fourth-order valence-electron chi connectivity index (χ4n) is 3.02. The molecule has 154 valence electrons. The topological polar surface area (TPSA) is 63.5 Å². The summed E-state index contributed by atoms with van der Waals surface area (Å²) in [5.74, 6) is -0.527. The summed E-state index contributed by atoms with van der Waals surface area (Å²) in [5.41, 5.74) is 6.47. The number of benzene rings is 2. The number of carbonyl (C=O) groups excluding carboxylic acids is 1. The summed E-state index contributed by atoms with van der Waals surface area (Å²) in [7, 11) is 0. The first kappa shape index (κ1) is 21.2. The van der Waals surface area contributed by atoms with E-state index in [0.717, 1.165) is 16.7 Å². The first-order valence-electron chi connectivity index (χ1n) is 9.93. The van der Waals surface area contributed by atoms with Gasteiger partial charge in [-0.3, -0.25) is 9.59 Å². The minimum absolute atomic E-state index is 0.0601. The first-order valence-corrected chi connectivity index (χ1v) is 9.93. The van der Waals surface area contributed by atoms with E-state index in [9.17, 15) is 9.59 Å². The number of amides is 1. The molecule has 0 aliphatic carbocycles. The highest BCUT2D eigenvalue weighted by Gasteiger charge is 2.14. The predicted molar refractivity (Wildman–Crippen MR) is 121 cm³/mol. The van der Waals surface area contributed by atoms with Gasteiger partial charge in [-0.25, -0.2) is 5.43 Å². The molecule has 3 rings (SSSR count). The van der Waals surface area contributed by atoms with E-state index in [1.165, 1.54) is 16.2 Å². The fourth-order valence-corrected chi connectivity index (χ4v) is 3.02. The number of aromatic nitrogens is 1. The Morgan fingerprint density at radius 1 is 1.03 bits per heavy atom. The molecular formula is C25H27N3O2. The Kier molecular flexibility index (Phi) is 6.31. The van der Waals surface area contributed by atoms with Crippen molar-refractivity contribution in [1.82, 2.24) is 9.99 Å². The van der Waals surface area contributed by atoms with Crippen molar-refractivity contribution in [3.63, 3.8) is 0 Å². The molecule has 0 radical (unpaired) electrons. The van der Waals surface area contributed by atoms with Gasteiger partial charge < -0.3 is 4.57 Å². The third-order valence-electron chi connectivity index (χ3n) is 4.89. The van der Waals surface area contributed by atoms with Crippen LogP contribution in [0.25, 0.3) is 0 Å². The maximum absolute atomic E-state index is 12.8. The summed E-state index contributed by atoms with van der Waals surface area (Å²) in [6.45, 7) is 8.89. The zero-order valence-electron chi connectivity index (χ0n) is 17.8. The molecule has 0 bridgehead atoms. The second-order valence-electron chi connectivity index (χ2n) is 8.41. The maximum Gasteiger partial charge on any atom is 0.276 e. The molecule has 1 aromatic heterocycles. The predicted octanol–water partition coefficient (Wildman–Crippen LogP) is 4.27. The molecular weight excluding hydrogens is 374 g/mol. The summed E-state index contributed by atoms with van der Waals surface area (Å²) in [6, 6.07) is 19.2. The van der Waals surface area contributed by atoms with Crippen LogP contribution in [0.3, 0.4) is 0 Å². The van der Waals surface area contributed by atoms with Crippen LogP contribution in [0, 0.1) is 6.92 Å². The van der Waals surface area contributed by atoms with Crippen LogP contribution in [0.2, 0.25) is 0 Å². The van der Waals surface area contributed by atoms with Gasteiger partial charge in [0.05, 0.1) is 12.8 Å². The third-order valence-corrected chi connectivity index (χ3v) is 4.89. The lowest BCUT2D eigenvalue weighted by molar-refractivity contribution is 0.0953. The van der Waals surface area contributed by atoms with Crippen LogP contribution in [0.5, 0.6) is 0 Å². The summed E-state index contributed by atoms with van der Waals surface area (Å²) >= 11 is 0. The van der Waals surface area contributed by atoms with Gasteiger partial charge in [0.2, 0.25) is 0 Å². The van der Waals surface area contributed by atoms with Crippen molar-refractivity contribution in [2.45, 2.75) is 39.7 Å². The molecule has 0 atom stereocenters. The molecule has 1 N–H and O–H groups in total. The zero-order chi connectivity index (χ0) is 21.7. The van der Waals surface area contributed by atoms with Gasteiger partial charge in [0.1, 0.15) is 5.56 Å². The lowest BCUT2D eigenvalue weighted by atomic mass is 9.87. The van der Waals surface area contributed by atoms with Crippen molar-refractivity contribution in [2.24, 2.45) is 5.10 Å². The number of nitrogens with one attached hydrogen (secondary N) is 1. The van der Waals surface area contributed by atoms with Crippen molar-refractivity contribution in [3.8, 4) is 0 Å². The van der Waals surface area contributed by atoms with Crippen LogP contribution in [-0.2, 0) is 12.0 Å². The number of aryl methyl sites for hydroxylation is 1. The highest BCUT2D eigenvalue weighted by atomic mass is 16.2. The molecule has 30 heavy (non-hydrogen) atoms. The molecule has 0 spiro atoms. The maximum atomic E-state index is 12.8. The van der Waals surface area contributed by atoms with Gasteiger partial charge in [-0.05, 0) is 41.2 Å². The molecule has 5 heteroatoms. The molecule has 0 unspecified atom stereocenters. The van der Waals surface area contributed by atoms with Crippen molar-refractivity contribution in [3.05, 3.63) is 105 Å². The van der Waals surface area contributed by atoms with E-state index in [1.807, 2.05) is 43.3 Å². The number of hydrogen-bond donors (Lipinski definition) is 1. The van der Waals surface area contributed by atoms with Gasteiger partial charge in [0.15, 0.2) is 0 Å². The average Bonchev–Trinajstić information content (AvgIpc) is 2.71.